The van der Waals surface area contributed by atoms with E-state index in [0.29, 0.717) is 0 Å². The summed E-state index contributed by atoms with van der Waals surface area (Å²) in [6, 6.07) is 24.7. The number of hydrogen-bond donors (Lipinski definition) is 1. The number of imidazole rings is 1. The Morgan fingerprint density at radius 3 is 2.34 bits per heavy atom. The van der Waals surface area contributed by atoms with Crippen molar-refractivity contribution in [2.75, 3.05) is 0 Å². The summed E-state index contributed by atoms with van der Waals surface area (Å²) in [4.78, 5) is 17.6. The summed E-state index contributed by atoms with van der Waals surface area (Å²) in [5.74, 6) is 0. The van der Waals surface area contributed by atoms with Gasteiger partial charge in [-0.2, -0.15) is 5.10 Å². The van der Waals surface area contributed by atoms with Crippen molar-refractivity contribution in [2.45, 2.75) is 51.2 Å². The van der Waals surface area contributed by atoms with Gasteiger partial charge in [0.25, 0.3) is 0 Å². The normalized spacial score (nSPS) is 14.7. The summed E-state index contributed by atoms with van der Waals surface area (Å²) in [6.07, 6.45) is 8.26. The summed E-state index contributed by atoms with van der Waals surface area (Å²) >= 11 is 0. The fraction of sp³-hybridized carbons (Fsp3) is 0.258. The maximum atomic E-state index is 12.6. The van der Waals surface area contributed by atoms with Crippen molar-refractivity contribution in [1.82, 2.24) is 24.5 Å². The second kappa shape index (κ2) is 9.17. The number of ether oxygens (including phenoxy) is 1. The minimum absolute atomic E-state index is 0.374. The second-order valence-corrected chi connectivity index (χ2v) is 10.9. The summed E-state index contributed by atoms with van der Waals surface area (Å²) in [6.45, 7) is 5.64. The van der Waals surface area contributed by atoms with Crippen LogP contribution in [0.5, 0.6) is 0 Å². The largest absolute Gasteiger partial charge is 0.444 e. The molecule has 192 valence electrons. The van der Waals surface area contributed by atoms with Gasteiger partial charge < -0.3 is 10.1 Å². The molecule has 0 radical (unpaired) electrons. The van der Waals surface area contributed by atoms with Gasteiger partial charge in [0.2, 0.25) is 0 Å². The molecule has 3 heterocycles. The smallest absolute Gasteiger partial charge is 0.408 e. The fourth-order valence-corrected chi connectivity index (χ4v) is 5.13. The number of rotatable bonds is 5. The monoisotopic (exact) mass is 505 g/mol. The molecule has 38 heavy (non-hydrogen) atoms. The van der Waals surface area contributed by atoms with Gasteiger partial charge in [-0.3, -0.25) is 4.40 Å². The summed E-state index contributed by atoms with van der Waals surface area (Å²) in [7, 11) is 0. The quantitative estimate of drug-likeness (QED) is 0.286. The van der Waals surface area contributed by atoms with Crippen LogP contribution in [0, 0.1) is 0 Å². The van der Waals surface area contributed by atoms with Crippen LogP contribution in [0.1, 0.15) is 45.6 Å². The van der Waals surface area contributed by atoms with E-state index >= 15 is 0 Å². The van der Waals surface area contributed by atoms with Crippen LogP contribution in [-0.4, -0.2) is 30.9 Å². The molecule has 1 N–H and O–H groups in total. The third-order valence-corrected chi connectivity index (χ3v) is 7.08. The first-order valence-electron chi connectivity index (χ1n) is 13.0. The third-order valence-electron chi connectivity index (χ3n) is 7.08. The van der Waals surface area contributed by atoms with Gasteiger partial charge in [0.15, 0.2) is 0 Å². The first-order chi connectivity index (χ1) is 18.3. The lowest BCUT2D eigenvalue weighted by Crippen LogP contribution is -2.52. The molecule has 2 aromatic carbocycles. The first-order valence-corrected chi connectivity index (χ1v) is 13.0. The zero-order chi connectivity index (χ0) is 26.3. The van der Waals surface area contributed by atoms with E-state index in [-0.39, 0.29) is 11.6 Å². The predicted octanol–water partition coefficient (Wildman–Crippen LogP) is 6.76. The molecule has 1 aliphatic rings. The highest BCUT2D eigenvalue weighted by atomic mass is 16.6. The molecule has 0 atom stereocenters. The van der Waals surface area contributed by atoms with Gasteiger partial charge in [-0.05, 0) is 63.8 Å². The Bertz CT molecular complexity index is 1580. The van der Waals surface area contributed by atoms with E-state index in [1.165, 1.54) is 0 Å². The summed E-state index contributed by atoms with van der Waals surface area (Å²) in [5, 5.41) is 7.54. The molecule has 6 rings (SSSR count). The molecule has 0 unspecified atom stereocenters. The lowest BCUT2D eigenvalue weighted by Gasteiger charge is -2.43. The highest BCUT2D eigenvalue weighted by Gasteiger charge is 2.41. The van der Waals surface area contributed by atoms with Crippen LogP contribution in [0.2, 0.25) is 0 Å². The van der Waals surface area contributed by atoms with Gasteiger partial charge in [0.05, 0.1) is 22.6 Å². The number of pyridine rings is 1. The molecule has 3 aromatic heterocycles. The maximum absolute atomic E-state index is 12.6. The van der Waals surface area contributed by atoms with E-state index in [4.69, 9.17) is 9.72 Å². The standard InChI is InChI=1S/C31H31N5O2/c1-30(2,3)38-29(37)34-31(17-7-18-31)24-13-11-22(12-14-24)27-28(23-9-5-4-6-10-23)35-21-25(15-16-26(35)33-27)36-20-8-19-32-36/h4-6,8-16,19-21H,7,17-18H2,1-3H3,(H,34,37). The predicted molar refractivity (Wildman–Crippen MR) is 148 cm³/mol. The number of nitrogens with zero attached hydrogens (tertiary/aromatic N) is 4. The molecular formula is C31H31N5O2. The number of hydrogen-bond acceptors (Lipinski definition) is 4. The highest BCUT2D eigenvalue weighted by Crippen LogP contribution is 2.42. The molecule has 1 fully saturated rings. The van der Waals surface area contributed by atoms with E-state index in [0.717, 1.165) is 58.7 Å². The molecule has 7 nitrogen and oxygen atoms in total. The van der Waals surface area contributed by atoms with E-state index in [2.05, 4.69) is 57.4 Å². The van der Waals surface area contributed by atoms with Crippen molar-refractivity contribution < 1.29 is 9.53 Å². The van der Waals surface area contributed by atoms with Crippen LogP contribution >= 0.6 is 0 Å². The molecule has 0 saturated heterocycles. The van der Waals surface area contributed by atoms with Crippen LogP contribution in [0.25, 0.3) is 33.8 Å². The first kappa shape index (κ1) is 24.0. The Morgan fingerprint density at radius 1 is 0.947 bits per heavy atom. The Kier molecular flexibility index (Phi) is 5.79. The Morgan fingerprint density at radius 2 is 1.71 bits per heavy atom. The van der Waals surface area contributed by atoms with Gasteiger partial charge in [-0.15, -0.1) is 0 Å². The van der Waals surface area contributed by atoms with E-state index in [1.54, 1.807) is 6.20 Å². The number of alkyl carbamates (subject to hydrolysis) is 1. The molecule has 1 saturated carbocycles. The van der Waals surface area contributed by atoms with Crippen molar-refractivity contribution in [3.05, 3.63) is 97.0 Å². The molecular weight excluding hydrogens is 474 g/mol. The van der Waals surface area contributed by atoms with Crippen LogP contribution in [0.4, 0.5) is 4.79 Å². The van der Waals surface area contributed by atoms with Crippen LogP contribution in [-0.2, 0) is 10.3 Å². The molecule has 7 heteroatoms. The minimum Gasteiger partial charge on any atom is -0.444 e. The number of fused-ring (bicyclic) bond motifs is 1. The Hall–Kier alpha value is -4.39. The van der Waals surface area contributed by atoms with Crippen molar-refractivity contribution in [3.63, 3.8) is 0 Å². The number of amides is 1. The van der Waals surface area contributed by atoms with Crippen molar-refractivity contribution in [2.24, 2.45) is 0 Å². The number of aromatic nitrogens is 4. The molecule has 5 aromatic rings. The lowest BCUT2D eigenvalue weighted by molar-refractivity contribution is 0.0377. The van der Waals surface area contributed by atoms with Crippen molar-refractivity contribution in [3.8, 4) is 28.2 Å². The minimum atomic E-state index is -0.535. The number of nitrogens with one attached hydrogen (secondary N) is 1. The van der Waals surface area contributed by atoms with Gasteiger partial charge in [-0.1, -0.05) is 54.6 Å². The fourth-order valence-electron chi connectivity index (χ4n) is 5.13. The second-order valence-electron chi connectivity index (χ2n) is 10.9. The Balaban J connectivity index is 1.39. The van der Waals surface area contributed by atoms with E-state index < -0.39 is 5.60 Å². The number of benzene rings is 2. The number of carbonyl (C=O) groups is 1. The van der Waals surface area contributed by atoms with E-state index in [9.17, 15) is 4.79 Å². The molecule has 1 aliphatic carbocycles. The van der Waals surface area contributed by atoms with Crippen LogP contribution in [0.3, 0.4) is 0 Å². The van der Waals surface area contributed by atoms with Crippen molar-refractivity contribution in [1.29, 1.82) is 0 Å². The van der Waals surface area contributed by atoms with Gasteiger partial charge in [0, 0.05) is 29.7 Å². The average Bonchev–Trinajstić information content (AvgIpc) is 3.54. The molecule has 0 bridgehead atoms. The molecule has 1 amide bonds. The van der Waals surface area contributed by atoms with Crippen molar-refractivity contribution >= 4 is 11.7 Å². The SMILES string of the molecule is CC(C)(C)OC(=O)NC1(c2ccc(-c3nc4ccc(-n5cccn5)cn4c3-c3ccccc3)cc2)CCC1. The zero-order valence-corrected chi connectivity index (χ0v) is 21.9. The number of carbonyl (C=O) groups excluding carboxylic acids is 1. The third kappa shape index (κ3) is 4.45. The zero-order valence-electron chi connectivity index (χ0n) is 21.9. The Labute approximate surface area is 222 Å². The summed E-state index contributed by atoms with van der Waals surface area (Å²) < 4.78 is 9.53. The average molecular weight is 506 g/mol. The lowest BCUT2D eigenvalue weighted by atomic mass is 9.71. The van der Waals surface area contributed by atoms with Crippen LogP contribution < -0.4 is 5.32 Å². The highest BCUT2D eigenvalue weighted by molar-refractivity contribution is 5.82. The summed E-state index contributed by atoms with van der Waals surface area (Å²) in [5.41, 5.74) is 6.01. The van der Waals surface area contributed by atoms with Gasteiger partial charge in [-0.25, -0.2) is 14.5 Å². The topological polar surface area (TPSA) is 73.4 Å². The molecule has 0 aliphatic heterocycles. The van der Waals surface area contributed by atoms with Crippen LogP contribution in [0.15, 0.2) is 91.4 Å². The van der Waals surface area contributed by atoms with E-state index in [1.807, 2.05) is 68.0 Å². The van der Waals surface area contributed by atoms with Gasteiger partial charge in [0.1, 0.15) is 11.2 Å². The maximum Gasteiger partial charge on any atom is 0.408 e. The van der Waals surface area contributed by atoms with Gasteiger partial charge >= 0.3 is 6.09 Å². The molecule has 0 spiro atoms.